The van der Waals surface area contributed by atoms with Crippen molar-refractivity contribution in [3.8, 4) is 17.6 Å². The summed E-state index contributed by atoms with van der Waals surface area (Å²) in [4.78, 5) is 0. The molecule has 5 rings (SSSR count). The summed E-state index contributed by atoms with van der Waals surface area (Å²) in [7, 11) is 1.65. The number of nitrogens with zero attached hydrogens (tertiary/aromatic N) is 1. The first-order valence-corrected chi connectivity index (χ1v) is 10.9. The van der Waals surface area contributed by atoms with Crippen molar-refractivity contribution in [3.05, 3.63) is 58.7 Å². The first-order chi connectivity index (χ1) is 14.6. The number of methoxy groups -OCH3 is 1. The fourth-order valence-corrected chi connectivity index (χ4v) is 5.88. The van der Waals surface area contributed by atoms with E-state index in [0.29, 0.717) is 5.92 Å². The number of hydrogen-bond acceptors (Lipinski definition) is 5. The minimum Gasteiger partial charge on any atom is -0.497 e. The van der Waals surface area contributed by atoms with E-state index < -0.39 is 6.10 Å². The number of ether oxygens (including phenoxy) is 2. The molecule has 2 heterocycles. The maximum absolute atomic E-state index is 11.6. The number of nitriles is 1. The summed E-state index contributed by atoms with van der Waals surface area (Å²) in [6, 6.07) is 14.1. The molecular formula is C25H29ClN2O3. The molecule has 31 heavy (non-hydrogen) atoms. The summed E-state index contributed by atoms with van der Waals surface area (Å²) in [5.41, 5.74) is 3.80. The highest BCUT2D eigenvalue weighted by atomic mass is 35.5. The Hall–Kier alpha value is -2.26. The Labute approximate surface area is 189 Å². The fourth-order valence-electron chi connectivity index (χ4n) is 5.88. The van der Waals surface area contributed by atoms with Gasteiger partial charge in [-0.3, -0.25) is 0 Å². The van der Waals surface area contributed by atoms with Crippen LogP contribution in [0.4, 0.5) is 0 Å². The van der Waals surface area contributed by atoms with Gasteiger partial charge in [-0.25, -0.2) is 0 Å². The summed E-state index contributed by atoms with van der Waals surface area (Å²) in [6.07, 6.45) is 4.08. The molecular weight excluding hydrogens is 412 g/mol. The second-order valence-electron chi connectivity index (χ2n) is 8.89. The Morgan fingerprint density at radius 2 is 1.97 bits per heavy atom. The molecule has 2 aromatic carbocycles. The standard InChI is InChI=1S/C25H28N2O3.ClH/c1-29-20-6-7-22-21(14-20)24(28)23(25(30-22)8-10-27-11-9-25)19-5-4-17-12-16(15-26)2-3-18(17)13-19;/h2-3,6-7,12,14,19,23-24,27-28H,4-5,8-11,13H2,1H3;1H. The largest absolute Gasteiger partial charge is 0.497 e. The van der Waals surface area contributed by atoms with Crippen molar-refractivity contribution in [1.82, 2.24) is 5.32 Å². The van der Waals surface area contributed by atoms with Gasteiger partial charge in [0.1, 0.15) is 17.1 Å². The quantitative estimate of drug-likeness (QED) is 0.739. The van der Waals surface area contributed by atoms with Gasteiger partial charge in [0, 0.05) is 24.3 Å². The lowest BCUT2D eigenvalue weighted by atomic mass is 9.63. The lowest BCUT2D eigenvalue weighted by molar-refractivity contribution is -0.117. The van der Waals surface area contributed by atoms with Crippen molar-refractivity contribution in [2.75, 3.05) is 20.2 Å². The Morgan fingerprint density at radius 3 is 2.71 bits per heavy atom. The number of hydrogen-bond donors (Lipinski definition) is 2. The highest BCUT2D eigenvalue weighted by Crippen LogP contribution is 2.53. The maximum atomic E-state index is 11.6. The minimum absolute atomic E-state index is 0. The number of halogens is 1. The van der Waals surface area contributed by atoms with E-state index >= 15 is 0 Å². The van der Waals surface area contributed by atoms with E-state index in [-0.39, 0.29) is 23.9 Å². The molecule has 1 spiro atoms. The van der Waals surface area contributed by atoms with Crippen molar-refractivity contribution in [1.29, 1.82) is 5.26 Å². The van der Waals surface area contributed by atoms with Crippen LogP contribution in [0.1, 0.15) is 47.6 Å². The predicted octanol–water partition coefficient (Wildman–Crippen LogP) is 3.96. The zero-order valence-electron chi connectivity index (χ0n) is 17.8. The second-order valence-corrected chi connectivity index (χ2v) is 8.89. The Balaban J connectivity index is 0.00000231. The third kappa shape index (κ3) is 3.78. The molecule has 2 N–H and O–H groups in total. The van der Waals surface area contributed by atoms with Gasteiger partial charge in [-0.05, 0) is 79.7 Å². The lowest BCUT2D eigenvalue weighted by Gasteiger charge is -2.52. The van der Waals surface area contributed by atoms with Gasteiger partial charge < -0.3 is 19.9 Å². The third-order valence-electron chi connectivity index (χ3n) is 7.36. The molecule has 1 aliphatic carbocycles. The van der Waals surface area contributed by atoms with Crippen LogP contribution in [0.3, 0.4) is 0 Å². The normalized spacial score (nSPS) is 25.9. The van der Waals surface area contributed by atoms with E-state index in [2.05, 4.69) is 17.5 Å². The number of aryl methyl sites for hydroxylation is 1. The smallest absolute Gasteiger partial charge is 0.126 e. The first-order valence-electron chi connectivity index (χ1n) is 10.9. The molecule has 1 saturated heterocycles. The van der Waals surface area contributed by atoms with E-state index in [1.165, 1.54) is 11.1 Å². The number of fused-ring (bicyclic) bond motifs is 2. The van der Waals surface area contributed by atoms with Crippen LogP contribution in [0.25, 0.3) is 0 Å². The SMILES string of the molecule is COc1ccc2c(c1)C(O)C(C1CCc3cc(C#N)ccc3C1)C1(CCNCC1)O2.Cl. The topological polar surface area (TPSA) is 74.5 Å². The molecule has 0 bridgehead atoms. The summed E-state index contributed by atoms with van der Waals surface area (Å²) in [5, 5.41) is 24.3. The van der Waals surface area contributed by atoms with Crippen LogP contribution in [0.2, 0.25) is 0 Å². The van der Waals surface area contributed by atoms with Crippen LogP contribution in [0, 0.1) is 23.2 Å². The van der Waals surface area contributed by atoms with Crippen LogP contribution < -0.4 is 14.8 Å². The highest BCUT2D eigenvalue weighted by molar-refractivity contribution is 5.85. The first kappa shape index (κ1) is 22.0. The molecule has 6 heteroatoms. The molecule has 0 radical (unpaired) electrons. The van der Waals surface area contributed by atoms with Crippen molar-refractivity contribution in [3.63, 3.8) is 0 Å². The monoisotopic (exact) mass is 440 g/mol. The second kappa shape index (κ2) is 8.70. The van der Waals surface area contributed by atoms with Gasteiger partial charge in [0.05, 0.1) is 24.8 Å². The van der Waals surface area contributed by atoms with Gasteiger partial charge in [0.25, 0.3) is 0 Å². The minimum atomic E-state index is -0.577. The number of benzene rings is 2. The molecule has 0 amide bonds. The van der Waals surface area contributed by atoms with Gasteiger partial charge >= 0.3 is 0 Å². The number of nitrogens with one attached hydrogen (secondary N) is 1. The van der Waals surface area contributed by atoms with Crippen LogP contribution >= 0.6 is 12.4 Å². The maximum Gasteiger partial charge on any atom is 0.126 e. The number of rotatable bonds is 2. The summed E-state index contributed by atoms with van der Waals surface area (Å²) < 4.78 is 12.1. The summed E-state index contributed by atoms with van der Waals surface area (Å²) in [5.74, 6) is 1.90. The van der Waals surface area contributed by atoms with Crippen molar-refractivity contribution >= 4 is 12.4 Å². The summed E-state index contributed by atoms with van der Waals surface area (Å²) in [6.45, 7) is 1.81. The van der Waals surface area contributed by atoms with Gasteiger partial charge in [0.15, 0.2) is 0 Å². The van der Waals surface area contributed by atoms with Gasteiger partial charge in [-0.1, -0.05) is 6.07 Å². The zero-order chi connectivity index (χ0) is 20.7. The Morgan fingerprint density at radius 1 is 1.16 bits per heavy atom. The van der Waals surface area contributed by atoms with Crippen LogP contribution in [-0.4, -0.2) is 30.9 Å². The molecule has 3 atom stereocenters. The highest BCUT2D eigenvalue weighted by Gasteiger charge is 2.53. The molecule has 0 saturated carbocycles. The lowest BCUT2D eigenvalue weighted by Crippen LogP contribution is -2.57. The third-order valence-corrected chi connectivity index (χ3v) is 7.36. The molecule has 2 aromatic rings. The van der Waals surface area contributed by atoms with Crippen LogP contribution in [-0.2, 0) is 12.8 Å². The number of aliphatic hydroxyl groups excluding tert-OH is 1. The Kier molecular flexibility index (Phi) is 6.16. The average Bonchev–Trinajstić information content (AvgIpc) is 2.79. The van der Waals surface area contributed by atoms with Crippen LogP contribution in [0.5, 0.6) is 11.5 Å². The van der Waals surface area contributed by atoms with E-state index in [1.807, 2.05) is 30.3 Å². The molecule has 164 valence electrons. The van der Waals surface area contributed by atoms with Gasteiger partial charge in [0.2, 0.25) is 0 Å². The van der Waals surface area contributed by atoms with Gasteiger partial charge in [-0.2, -0.15) is 5.26 Å². The van der Waals surface area contributed by atoms with E-state index in [0.717, 1.165) is 67.8 Å². The fraction of sp³-hybridized carbons (Fsp3) is 0.480. The van der Waals surface area contributed by atoms with Crippen molar-refractivity contribution < 1.29 is 14.6 Å². The predicted molar refractivity (Wildman–Crippen MR) is 121 cm³/mol. The molecule has 1 fully saturated rings. The molecule has 3 aliphatic rings. The van der Waals surface area contributed by atoms with Crippen molar-refractivity contribution in [2.45, 2.75) is 43.8 Å². The molecule has 5 nitrogen and oxygen atoms in total. The number of aliphatic hydroxyl groups is 1. The zero-order valence-corrected chi connectivity index (χ0v) is 18.6. The van der Waals surface area contributed by atoms with E-state index in [1.54, 1.807) is 7.11 Å². The van der Waals surface area contributed by atoms with Crippen LogP contribution in [0.15, 0.2) is 36.4 Å². The van der Waals surface area contributed by atoms with E-state index in [9.17, 15) is 10.4 Å². The van der Waals surface area contributed by atoms with Gasteiger partial charge in [-0.15, -0.1) is 12.4 Å². The average molecular weight is 441 g/mol. The molecule has 2 aliphatic heterocycles. The van der Waals surface area contributed by atoms with Crippen molar-refractivity contribution in [2.24, 2.45) is 11.8 Å². The molecule has 0 aromatic heterocycles. The number of piperidine rings is 1. The molecule has 3 unspecified atom stereocenters. The van der Waals surface area contributed by atoms with E-state index in [4.69, 9.17) is 9.47 Å². The summed E-state index contributed by atoms with van der Waals surface area (Å²) >= 11 is 0. The Bertz CT molecular complexity index is 997.